The van der Waals surface area contributed by atoms with Crippen molar-refractivity contribution in [2.24, 2.45) is 17.3 Å². The molecule has 0 amide bonds. The van der Waals surface area contributed by atoms with Gasteiger partial charge in [0.2, 0.25) is 0 Å². The van der Waals surface area contributed by atoms with E-state index in [4.69, 9.17) is 0 Å². The lowest BCUT2D eigenvalue weighted by Crippen LogP contribution is -2.41. The minimum atomic E-state index is -0.371. The number of hydrogen-bond acceptors (Lipinski definition) is 2. The molecule has 2 saturated carbocycles. The van der Waals surface area contributed by atoms with Gasteiger partial charge < -0.3 is 5.11 Å². The van der Waals surface area contributed by atoms with Gasteiger partial charge in [0.15, 0.2) is 0 Å². The van der Waals surface area contributed by atoms with Crippen molar-refractivity contribution < 1.29 is 5.11 Å². The maximum Gasteiger partial charge on any atom is 0.0869 e. The van der Waals surface area contributed by atoms with E-state index >= 15 is 0 Å². The second-order valence-electron chi connectivity index (χ2n) is 8.07. The first-order chi connectivity index (χ1) is 11.1. The molecular formula is C20H28N2O. The highest BCUT2D eigenvalue weighted by Gasteiger charge is 2.48. The summed E-state index contributed by atoms with van der Waals surface area (Å²) in [5.74, 6) is 1.60. The molecule has 23 heavy (non-hydrogen) atoms. The van der Waals surface area contributed by atoms with Crippen molar-refractivity contribution in [2.75, 3.05) is 0 Å². The number of aliphatic hydroxyl groups is 1. The molecule has 3 heteroatoms. The van der Waals surface area contributed by atoms with Crippen molar-refractivity contribution in [1.29, 1.82) is 0 Å². The summed E-state index contributed by atoms with van der Waals surface area (Å²) < 4.78 is 0. The number of hydrogen-bond donors (Lipinski definition) is 2. The van der Waals surface area contributed by atoms with Gasteiger partial charge in [0.25, 0.3) is 0 Å². The fourth-order valence-corrected chi connectivity index (χ4v) is 5.51. The summed E-state index contributed by atoms with van der Waals surface area (Å²) in [7, 11) is 0. The van der Waals surface area contributed by atoms with Crippen LogP contribution >= 0.6 is 0 Å². The largest absolute Gasteiger partial charge is 0.388 e. The van der Waals surface area contributed by atoms with E-state index in [0.717, 1.165) is 28.3 Å². The fraction of sp³-hybridized carbons (Fsp3) is 0.650. The third-order valence-corrected chi connectivity index (χ3v) is 6.65. The second-order valence-corrected chi connectivity index (χ2v) is 8.07. The zero-order valence-corrected chi connectivity index (χ0v) is 14.3. The van der Waals surface area contributed by atoms with Crippen LogP contribution in [0.25, 0.3) is 10.9 Å². The Morgan fingerprint density at radius 1 is 1.39 bits per heavy atom. The van der Waals surface area contributed by atoms with Gasteiger partial charge in [-0.1, -0.05) is 38.3 Å². The Morgan fingerprint density at radius 2 is 2.26 bits per heavy atom. The lowest BCUT2D eigenvalue weighted by atomic mass is 9.55. The summed E-state index contributed by atoms with van der Waals surface area (Å²) in [4.78, 5) is 0. The lowest BCUT2D eigenvalue weighted by molar-refractivity contribution is -0.0677. The first-order valence-electron chi connectivity index (χ1n) is 9.23. The monoisotopic (exact) mass is 312 g/mol. The van der Waals surface area contributed by atoms with Crippen molar-refractivity contribution >= 4 is 10.9 Å². The van der Waals surface area contributed by atoms with Gasteiger partial charge in [-0.2, -0.15) is 5.10 Å². The topological polar surface area (TPSA) is 48.9 Å². The van der Waals surface area contributed by atoms with Gasteiger partial charge in [-0.3, -0.25) is 5.10 Å². The van der Waals surface area contributed by atoms with E-state index in [1.165, 1.54) is 50.5 Å². The van der Waals surface area contributed by atoms with Gasteiger partial charge in [0, 0.05) is 16.4 Å². The van der Waals surface area contributed by atoms with Gasteiger partial charge >= 0.3 is 0 Å². The van der Waals surface area contributed by atoms with Crippen LogP contribution in [0, 0.1) is 24.2 Å². The van der Waals surface area contributed by atoms with E-state index in [9.17, 15) is 5.11 Å². The van der Waals surface area contributed by atoms with Crippen LogP contribution in [0.3, 0.4) is 0 Å². The number of aromatic nitrogens is 2. The first-order valence-corrected chi connectivity index (χ1v) is 9.23. The molecule has 0 radical (unpaired) electrons. The summed E-state index contributed by atoms with van der Waals surface area (Å²) in [6.07, 6.45) is 10.3. The smallest absolute Gasteiger partial charge is 0.0869 e. The normalized spacial score (nSPS) is 32.1. The first kappa shape index (κ1) is 15.2. The van der Waals surface area contributed by atoms with Gasteiger partial charge in [-0.15, -0.1) is 0 Å². The maximum absolute atomic E-state index is 11.5. The van der Waals surface area contributed by atoms with Crippen LogP contribution in [0.2, 0.25) is 0 Å². The van der Waals surface area contributed by atoms with Crippen molar-refractivity contribution in [3.63, 3.8) is 0 Å². The van der Waals surface area contributed by atoms with Crippen LogP contribution in [0.1, 0.15) is 69.1 Å². The van der Waals surface area contributed by atoms with Crippen LogP contribution in [0.15, 0.2) is 18.3 Å². The Morgan fingerprint density at radius 3 is 3.09 bits per heavy atom. The van der Waals surface area contributed by atoms with Crippen LogP contribution in [0.5, 0.6) is 0 Å². The molecule has 0 saturated heterocycles. The van der Waals surface area contributed by atoms with Crippen LogP contribution in [-0.4, -0.2) is 15.3 Å². The number of benzene rings is 1. The van der Waals surface area contributed by atoms with E-state index in [2.05, 4.69) is 36.2 Å². The van der Waals surface area contributed by atoms with Crippen molar-refractivity contribution in [1.82, 2.24) is 10.2 Å². The Labute approximate surface area is 138 Å². The van der Waals surface area contributed by atoms with E-state index in [1.807, 2.05) is 6.20 Å². The van der Waals surface area contributed by atoms with Gasteiger partial charge in [-0.05, 0) is 50.0 Å². The molecule has 4 rings (SSSR count). The Kier molecular flexibility index (Phi) is 3.72. The van der Waals surface area contributed by atoms with Gasteiger partial charge in [0.1, 0.15) is 0 Å². The van der Waals surface area contributed by atoms with E-state index < -0.39 is 0 Å². The number of aliphatic hydroxyl groups excluding tert-OH is 1. The molecule has 2 fully saturated rings. The van der Waals surface area contributed by atoms with E-state index in [0.29, 0.717) is 0 Å². The van der Waals surface area contributed by atoms with Crippen LogP contribution in [0.4, 0.5) is 0 Å². The molecule has 1 heterocycles. The molecule has 4 unspecified atom stereocenters. The summed E-state index contributed by atoms with van der Waals surface area (Å²) >= 11 is 0. The van der Waals surface area contributed by atoms with Gasteiger partial charge in [0.05, 0.1) is 17.8 Å². The molecule has 0 spiro atoms. The van der Waals surface area contributed by atoms with E-state index in [1.54, 1.807) is 0 Å². The number of rotatable bonds is 3. The molecule has 4 atom stereocenters. The molecule has 2 aromatic rings. The maximum atomic E-state index is 11.5. The van der Waals surface area contributed by atoms with Crippen molar-refractivity contribution in [3.8, 4) is 0 Å². The van der Waals surface area contributed by atoms with Crippen molar-refractivity contribution in [2.45, 2.75) is 64.9 Å². The number of H-pyrrole nitrogens is 1. The zero-order chi connectivity index (χ0) is 16.0. The van der Waals surface area contributed by atoms with Crippen LogP contribution in [-0.2, 0) is 0 Å². The molecule has 2 bridgehead atoms. The molecule has 3 nitrogen and oxygen atoms in total. The second kappa shape index (κ2) is 5.62. The lowest BCUT2D eigenvalue weighted by Gasteiger charge is -2.51. The SMILES string of the molecule is CCC1CC2CCCC(C(O)c3c(C)ccc4cn[nH]c34)(C1)C2. The predicted molar refractivity (Wildman–Crippen MR) is 93.2 cm³/mol. The number of aromatic amines is 1. The number of aryl methyl sites for hydroxylation is 1. The van der Waals surface area contributed by atoms with Crippen LogP contribution < -0.4 is 0 Å². The molecule has 1 aromatic carbocycles. The third kappa shape index (κ3) is 2.40. The van der Waals surface area contributed by atoms with E-state index in [-0.39, 0.29) is 11.5 Å². The number of nitrogens with zero attached hydrogens (tertiary/aromatic N) is 1. The molecular weight excluding hydrogens is 284 g/mol. The Hall–Kier alpha value is -1.35. The highest BCUT2D eigenvalue weighted by atomic mass is 16.3. The minimum Gasteiger partial charge on any atom is -0.388 e. The molecule has 2 aliphatic carbocycles. The number of nitrogens with one attached hydrogen (secondary N) is 1. The summed E-state index contributed by atoms with van der Waals surface area (Å²) in [5, 5.41) is 20.0. The molecule has 1 aromatic heterocycles. The molecule has 2 N–H and O–H groups in total. The summed E-state index contributed by atoms with van der Waals surface area (Å²) in [6, 6.07) is 4.23. The Balaban J connectivity index is 1.78. The number of fused-ring (bicyclic) bond motifs is 3. The Bertz CT molecular complexity index is 707. The highest BCUT2D eigenvalue weighted by molar-refractivity contribution is 5.82. The average Bonchev–Trinajstić information content (AvgIpc) is 3.02. The summed E-state index contributed by atoms with van der Waals surface area (Å²) in [6.45, 7) is 4.43. The summed E-state index contributed by atoms with van der Waals surface area (Å²) in [5.41, 5.74) is 3.39. The van der Waals surface area contributed by atoms with Crippen molar-refractivity contribution in [3.05, 3.63) is 29.5 Å². The minimum absolute atomic E-state index is 0.0754. The molecule has 0 aliphatic heterocycles. The molecule has 2 aliphatic rings. The molecule has 124 valence electrons. The third-order valence-electron chi connectivity index (χ3n) is 6.65. The average molecular weight is 312 g/mol. The predicted octanol–water partition coefficient (Wildman–Crippen LogP) is 4.90. The van der Waals surface area contributed by atoms with Gasteiger partial charge in [-0.25, -0.2) is 0 Å². The quantitative estimate of drug-likeness (QED) is 0.846. The fourth-order valence-electron chi connectivity index (χ4n) is 5.51. The highest BCUT2D eigenvalue weighted by Crippen LogP contribution is 2.58. The zero-order valence-electron chi connectivity index (χ0n) is 14.3. The standard InChI is InChI=1S/C20H28N2O/c1-3-14-9-15-5-4-8-20(10-14,11-15)19(23)17-13(2)6-7-16-12-21-22-18(16)17/h6-7,12,14-15,19,23H,3-5,8-11H2,1-2H3,(H,21,22).